The monoisotopic (exact) mass is 390 g/mol. The number of para-hydroxylation sites is 1. The van der Waals surface area contributed by atoms with Gasteiger partial charge in [-0.2, -0.15) is 0 Å². The van der Waals surface area contributed by atoms with Crippen molar-refractivity contribution in [3.05, 3.63) is 41.6 Å². The van der Waals surface area contributed by atoms with E-state index in [2.05, 4.69) is 5.32 Å². The Hall–Kier alpha value is -3.36. The summed E-state index contributed by atoms with van der Waals surface area (Å²) in [7, 11) is 0. The molecule has 0 atom stereocenters. The van der Waals surface area contributed by atoms with Crippen molar-refractivity contribution in [2.45, 2.75) is 20.3 Å². The second-order valence-electron chi connectivity index (χ2n) is 5.65. The predicted molar refractivity (Wildman–Crippen MR) is 97.2 cm³/mol. The van der Waals surface area contributed by atoms with E-state index in [1.807, 2.05) is 0 Å². The average molecular weight is 390 g/mol. The Labute approximate surface area is 162 Å². The molecule has 1 N–H and O–H groups in total. The number of carbonyl (C=O) groups excluding carboxylic acids is 4. The molecule has 1 aromatic rings. The molecule has 28 heavy (non-hydrogen) atoms. The molecule has 0 saturated carbocycles. The summed E-state index contributed by atoms with van der Waals surface area (Å²) >= 11 is 0. The molecule has 1 saturated heterocycles. The molecular weight excluding hydrogens is 368 g/mol. The highest BCUT2D eigenvalue weighted by Gasteiger charge is 2.35. The Morgan fingerprint density at radius 3 is 2.46 bits per heavy atom. The zero-order chi connectivity index (χ0) is 20.5. The summed E-state index contributed by atoms with van der Waals surface area (Å²) in [4.78, 5) is 48.0. The van der Waals surface area contributed by atoms with Gasteiger partial charge in [0, 0.05) is 0 Å². The highest BCUT2D eigenvalue weighted by atomic mass is 16.6. The molecule has 3 amide bonds. The van der Waals surface area contributed by atoms with Gasteiger partial charge in [0.1, 0.15) is 18.0 Å². The lowest BCUT2D eigenvalue weighted by atomic mass is 10.1. The van der Waals surface area contributed by atoms with E-state index in [4.69, 9.17) is 14.2 Å². The molecule has 1 aliphatic heterocycles. The van der Waals surface area contributed by atoms with E-state index in [-0.39, 0.29) is 31.9 Å². The Morgan fingerprint density at radius 1 is 1.07 bits per heavy atom. The van der Waals surface area contributed by atoms with Crippen LogP contribution < -0.4 is 10.1 Å². The van der Waals surface area contributed by atoms with Gasteiger partial charge >= 0.3 is 18.0 Å². The zero-order valence-corrected chi connectivity index (χ0v) is 15.7. The number of hydrogen-bond acceptors (Lipinski definition) is 7. The molecule has 0 aromatic heterocycles. The van der Waals surface area contributed by atoms with Gasteiger partial charge in [-0.15, -0.1) is 0 Å². The third kappa shape index (κ3) is 5.57. The first-order chi connectivity index (χ1) is 13.5. The largest absolute Gasteiger partial charge is 0.482 e. The number of hydrogen-bond donors (Lipinski definition) is 1. The van der Waals surface area contributed by atoms with E-state index in [1.165, 1.54) is 6.08 Å². The highest BCUT2D eigenvalue weighted by molar-refractivity contribution is 6.13. The number of nitrogens with zero attached hydrogens (tertiary/aromatic N) is 1. The number of allylic oxidation sites excluding steroid dienone is 1. The maximum atomic E-state index is 12.3. The van der Waals surface area contributed by atoms with Crippen LogP contribution in [-0.2, 0) is 30.3 Å². The standard InChI is InChI=1S/C19H22N2O7/c1-3-26-16(22)11-21-18(24)14(20-19(21)25)10-9-13-7-5-6-8-15(13)28-12-17(23)27-4-2/h5-8,10H,3-4,9,11-12H2,1-2H3,(H,20,25)/b14-10-. The molecule has 1 aromatic carbocycles. The molecule has 0 unspecified atom stereocenters. The van der Waals surface area contributed by atoms with Crippen molar-refractivity contribution in [3.63, 3.8) is 0 Å². The van der Waals surface area contributed by atoms with Crippen molar-refractivity contribution in [1.29, 1.82) is 0 Å². The van der Waals surface area contributed by atoms with E-state index in [0.717, 1.165) is 4.90 Å². The molecule has 9 heteroatoms. The van der Waals surface area contributed by atoms with Crippen molar-refractivity contribution >= 4 is 23.9 Å². The molecule has 9 nitrogen and oxygen atoms in total. The van der Waals surface area contributed by atoms with Crippen LogP contribution in [0.2, 0.25) is 0 Å². The van der Waals surface area contributed by atoms with E-state index in [9.17, 15) is 19.2 Å². The fourth-order valence-corrected chi connectivity index (χ4v) is 2.46. The van der Waals surface area contributed by atoms with E-state index < -0.39 is 30.4 Å². The lowest BCUT2D eigenvalue weighted by molar-refractivity contribution is -0.146. The minimum atomic E-state index is -0.684. The van der Waals surface area contributed by atoms with Crippen LogP contribution >= 0.6 is 0 Å². The van der Waals surface area contributed by atoms with Gasteiger partial charge in [-0.3, -0.25) is 9.59 Å². The van der Waals surface area contributed by atoms with Crippen LogP contribution in [0, 0.1) is 0 Å². The zero-order valence-electron chi connectivity index (χ0n) is 15.7. The first-order valence-electron chi connectivity index (χ1n) is 8.81. The van der Waals surface area contributed by atoms with Gasteiger partial charge < -0.3 is 19.5 Å². The number of esters is 2. The van der Waals surface area contributed by atoms with Crippen molar-refractivity contribution in [2.75, 3.05) is 26.4 Å². The third-order valence-corrected chi connectivity index (χ3v) is 3.70. The minimum absolute atomic E-state index is 0.0643. The lowest BCUT2D eigenvalue weighted by Gasteiger charge is -2.10. The Morgan fingerprint density at radius 2 is 1.75 bits per heavy atom. The van der Waals surface area contributed by atoms with Crippen LogP contribution in [0.15, 0.2) is 36.0 Å². The van der Waals surface area contributed by atoms with E-state index in [0.29, 0.717) is 11.3 Å². The van der Waals surface area contributed by atoms with Crippen LogP contribution in [0.3, 0.4) is 0 Å². The fraction of sp³-hybridized carbons (Fsp3) is 0.368. The van der Waals surface area contributed by atoms with Gasteiger partial charge in [0.2, 0.25) is 0 Å². The molecular formula is C19H22N2O7. The molecule has 1 fully saturated rings. The number of benzene rings is 1. The molecule has 150 valence electrons. The van der Waals surface area contributed by atoms with Crippen LogP contribution in [0.4, 0.5) is 4.79 Å². The second kappa shape index (κ2) is 10.1. The summed E-state index contributed by atoms with van der Waals surface area (Å²) in [5.74, 6) is -1.29. The van der Waals surface area contributed by atoms with E-state index >= 15 is 0 Å². The van der Waals surface area contributed by atoms with Crippen LogP contribution in [0.25, 0.3) is 0 Å². The van der Waals surface area contributed by atoms with Gasteiger partial charge in [0.15, 0.2) is 6.61 Å². The molecule has 2 rings (SSSR count). The van der Waals surface area contributed by atoms with Gasteiger partial charge in [0.25, 0.3) is 5.91 Å². The van der Waals surface area contributed by atoms with Crippen molar-refractivity contribution in [2.24, 2.45) is 0 Å². The van der Waals surface area contributed by atoms with Gasteiger partial charge in [0.05, 0.1) is 13.2 Å². The molecule has 0 radical (unpaired) electrons. The topological polar surface area (TPSA) is 111 Å². The maximum absolute atomic E-state index is 12.3. The fourth-order valence-electron chi connectivity index (χ4n) is 2.46. The Bertz CT molecular complexity index is 788. The van der Waals surface area contributed by atoms with Crippen molar-refractivity contribution in [1.82, 2.24) is 10.2 Å². The smallest absolute Gasteiger partial charge is 0.344 e. The Kier molecular flexibility index (Phi) is 7.55. The van der Waals surface area contributed by atoms with E-state index in [1.54, 1.807) is 38.1 Å². The Balaban J connectivity index is 2.03. The molecule has 1 aliphatic rings. The van der Waals surface area contributed by atoms with Crippen molar-refractivity contribution in [3.8, 4) is 5.75 Å². The van der Waals surface area contributed by atoms with Gasteiger partial charge in [-0.05, 0) is 31.9 Å². The number of ether oxygens (including phenoxy) is 3. The van der Waals surface area contributed by atoms with Crippen LogP contribution in [0.1, 0.15) is 19.4 Å². The van der Waals surface area contributed by atoms with Gasteiger partial charge in [-0.25, -0.2) is 14.5 Å². The summed E-state index contributed by atoms with van der Waals surface area (Å²) in [6, 6.07) is 6.31. The number of amides is 3. The summed E-state index contributed by atoms with van der Waals surface area (Å²) in [5, 5.41) is 2.43. The first-order valence-corrected chi connectivity index (χ1v) is 8.81. The summed E-state index contributed by atoms with van der Waals surface area (Å²) in [5.41, 5.74) is 0.777. The first kappa shape index (κ1) is 20.9. The summed E-state index contributed by atoms with van der Waals surface area (Å²) in [6.07, 6.45) is 1.80. The highest BCUT2D eigenvalue weighted by Crippen LogP contribution is 2.20. The molecule has 0 bridgehead atoms. The van der Waals surface area contributed by atoms with Crippen molar-refractivity contribution < 1.29 is 33.4 Å². The quantitative estimate of drug-likeness (QED) is 0.383. The number of carbonyl (C=O) groups is 4. The summed E-state index contributed by atoms with van der Waals surface area (Å²) < 4.78 is 15.0. The average Bonchev–Trinajstić information content (AvgIpc) is 2.93. The third-order valence-electron chi connectivity index (χ3n) is 3.70. The number of rotatable bonds is 9. The number of imide groups is 1. The maximum Gasteiger partial charge on any atom is 0.344 e. The van der Waals surface area contributed by atoms with Crippen LogP contribution in [-0.4, -0.2) is 55.1 Å². The number of urea groups is 1. The normalized spacial score (nSPS) is 14.8. The summed E-state index contributed by atoms with van der Waals surface area (Å²) in [6.45, 7) is 3.08. The predicted octanol–water partition coefficient (Wildman–Crippen LogP) is 1.17. The SMILES string of the molecule is CCOC(=O)COc1ccccc1C/C=C1\NC(=O)N(CC(=O)OCC)C1=O. The molecule has 0 aliphatic carbocycles. The van der Waals surface area contributed by atoms with Gasteiger partial charge in [-0.1, -0.05) is 24.3 Å². The second-order valence-corrected chi connectivity index (χ2v) is 5.65. The molecule has 1 heterocycles. The number of nitrogens with one attached hydrogen (secondary N) is 1. The minimum Gasteiger partial charge on any atom is -0.482 e. The molecule has 0 spiro atoms. The van der Waals surface area contributed by atoms with Crippen LogP contribution in [0.5, 0.6) is 5.75 Å². The lowest BCUT2D eigenvalue weighted by Crippen LogP contribution is -2.36.